The molecule has 0 spiro atoms. The molecule has 1 aromatic carbocycles. The van der Waals surface area contributed by atoms with Crippen LogP contribution in [0.5, 0.6) is 0 Å². The molecule has 1 aromatic heterocycles. The van der Waals surface area contributed by atoms with Gasteiger partial charge in [0.25, 0.3) is 0 Å². The predicted octanol–water partition coefficient (Wildman–Crippen LogP) is 4.21. The molecule has 0 atom stereocenters. The van der Waals surface area contributed by atoms with Crippen LogP contribution in [0, 0.1) is 0 Å². The molecule has 0 aliphatic rings. The fourth-order valence-corrected chi connectivity index (χ4v) is 2.87. The van der Waals surface area contributed by atoms with E-state index in [9.17, 15) is 4.79 Å². The monoisotopic (exact) mass is 536 g/mol. The molecule has 0 unspecified atom stereocenters. The quantitative estimate of drug-likeness (QED) is 0.282. The van der Waals surface area contributed by atoms with E-state index >= 15 is 0 Å². The largest absolute Gasteiger partial charge is 0.357 e. The number of carbonyl (C=O) groups is 1. The summed E-state index contributed by atoms with van der Waals surface area (Å²) in [4.78, 5) is 16.5. The van der Waals surface area contributed by atoms with Gasteiger partial charge in [0.1, 0.15) is 0 Å². The maximum atomic E-state index is 12.0. The summed E-state index contributed by atoms with van der Waals surface area (Å²) in [5.74, 6) is 0.693. The topological polar surface area (TPSA) is 65.5 Å². The molecule has 2 rings (SSSR count). The minimum absolute atomic E-state index is 0. The second-order valence-electron chi connectivity index (χ2n) is 5.06. The number of nitrogens with one attached hydrogen (secondary N) is 3. The summed E-state index contributed by atoms with van der Waals surface area (Å²) >= 11 is 5.03. The molecule has 2 aromatic rings. The summed E-state index contributed by atoms with van der Waals surface area (Å²) in [5, 5.41) is 13.4. The standard InChI is InChI=1S/C17H21BrN4OS.HI/c1-2-19-17(21-11-13-8-10-24-12-13)20-9-7-16(23)22-15-5-3-14(18)4-6-15;/h3-6,8,10,12H,2,7,9,11H2,1H3,(H,22,23)(H2,19,20,21);1H. The number of halogens is 2. The van der Waals surface area contributed by atoms with E-state index in [1.165, 1.54) is 5.56 Å². The third-order valence-corrected chi connectivity index (χ3v) is 4.38. The Balaban J connectivity index is 0.00000312. The number of rotatable bonds is 7. The number of anilines is 1. The van der Waals surface area contributed by atoms with Crippen LogP contribution in [0.15, 0.2) is 50.6 Å². The molecule has 25 heavy (non-hydrogen) atoms. The molecule has 0 saturated heterocycles. The van der Waals surface area contributed by atoms with Crippen molar-refractivity contribution >= 4 is 68.8 Å². The molecule has 0 aliphatic heterocycles. The number of thiophene rings is 1. The van der Waals surface area contributed by atoms with Crippen LogP contribution in [0.25, 0.3) is 0 Å². The number of hydrogen-bond donors (Lipinski definition) is 3. The zero-order valence-corrected chi connectivity index (χ0v) is 18.7. The molecule has 5 nitrogen and oxygen atoms in total. The van der Waals surface area contributed by atoms with Crippen LogP contribution >= 0.6 is 51.2 Å². The number of aliphatic imine (C=N–C) groups is 1. The highest BCUT2D eigenvalue weighted by molar-refractivity contribution is 14.0. The average Bonchev–Trinajstić information content (AvgIpc) is 3.08. The van der Waals surface area contributed by atoms with Crippen LogP contribution < -0.4 is 16.0 Å². The summed E-state index contributed by atoms with van der Waals surface area (Å²) < 4.78 is 0.985. The van der Waals surface area contributed by atoms with Gasteiger partial charge in [-0.25, -0.2) is 4.99 Å². The number of amides is 1. The lowest BCUT2D eigenvalue weighted by molar-refractivity contribution is -0.116. The highest BCUT2D eigenvalue weighted by atomic mass is 127. The van der Waals surface area contributed by atoms with Crippen molar-refractivity contribution in [1.82, 2.24) is 10.6 Å². The van der Waals surface area contributed by atoms with Gasteiger partial charge in [0.2, 0.25) is 5.91 Å². The molecule has 0 bridgehead atoms. The minimum atomic E-state index is -0.0292. The van der Waals surface area contributed by atoms with Gasteiger partial charge in [-0.1, -0.05) is 15.9 Å². The Bertz CT molecular complexity index is 662. The fraction of sp³-hybridized carbons (Fsp3) is 0.294. The molecule has 8 heteroatoms. The fourth-order valence-electron chi connectivity index (χ4n) is 1.95. The van der Waals surface area contributed by atoms with Crippen molar-refractivity contribution in [3.05, 3.63) is 51.1 Å². The van der Waals surface area contributed by atoms with E-state index in [0.717, 1.165) is 22.7 Å². The van der Waals surface area contributed by atoms with E-state index in [0.29, 0.717) is 19.5 Å². The first kappa shape index (κ1) is 21.9. The first-order valence-electron chi connectivity index (χ1n) is 7.76. The molecule has 1 amide bonds. The molecule has 136 valence electrons. The van der Waals surface area contributed by atoms with Gasteiger partial charge >= 0.3 is 0 Å². The maximum Gasteiger partial charge on any atom is 0.226 e. The first-order valence-corrected chi connectivity index (χ1v) is 9.49. The average molecular weight is 537 g/mol. The zero-order chi connectivity index (χ0) is 17.2. The van der Waals surface area contributed by atoms with Crippen LogP contribution in [-0.2, 0) is 11.3 Å². The van der Waals surface area contributed by atoms with Crippen LogP contribution in [-0.4, -0.2) is 25.0 Å². The lowest BCUT2D eigenvalue weighted by Crippen LogP contribution is -2.38. The highest BCUT2D eigenvalue weighted by Gasteiger charge is 2.04. The van der Waals surface area contributed by atoms with Gasteiger partial charge in [-0.15, -0.1) is 24.0 Å². The van der Waals surface area contributed by atoms with E-state index in [1.54, 1.807) is 11.3 Å². The van der Waals surface area contributed by atoms with Gasteiger partial charge in [-0.3, -0.25) is 4.79 Å². The van der Waals surface area contributed by atoms with Crippen molar-refractivity contribution in [3.63, 3.8) is 0 Å². The highest BCUT2D eigenvalue weighted by Crippen LogP contribution is 2.14. The van der Waals surface area contributed by atoms with Gasteiger partial charge in [-0.05, 0) is 53.6 Å². The lowest BCUT2D eigenvalue weighted by Gasteiger charge is -2.11. The van der Waals surface area contributed by atoms with Gasteiger partial charge in [0, 0.05) is 29.7 Å². The van der Waals surface area contributed by atoms with E-state index in [4.69, 9.17) is 0 Å². The minimum Gasteiger partial charge on any atom is -0.357 e. The number of benzene rings is 1. The third-order valence-electron chi connectivity index (χ3n) is 3.12. The van der Waals surface area contributed by atoms with Crippen LogP contribution in [0.3, 0.4) is 0 Å². The summed E-state index contributed by atoms with van der Waals surface area (Å²) in [7, 11) is 0. The summed E-state index contributed by atoms with van der Waals surface area (Å²) in [6.07, 6.45) is 0.374. The Hall–Kier alpha value is -1.13. The summed E-state index contributed by atoms with van der Waals surface area (Å²) in [6, 6.07) is 9.58. The van der Waals surface area contributed by atoms with Crippen LogP contribution in [0.1, 0.15) is 18.9 Å². The van der Waals surface area contributed by atoms with E-state index in [2.05, 4.69) is 48.3 Å². The van der Waals surface area contributed by atoms with Crippen molar-refractivity contribution in [3.8, 4) is 0 Å². The zero-order valence-electron chi connectivity index (χ0n) is 13.9. The molecule has 0 radical (unpaired) electrons. The maximum absolute atomic E-state index is 12.0. The number of nitrogens with zero attached hydrogens (tertiary/aromatic N) is 1. The molecule has 0 aliphatic carbocycles. The Morgan fingerprint density at radius 2 is 1.96 bits per heavy atom. The van der Waals surface area contributed by atoms with Crippen molar-refractivity contribution in [1.29, 1.82) is 0 Å². The second kappa shape index (κ2) is 12.3. The van der Waals surface area contributed by atoms with Crippen molar-refractivity contribution < 1.29 is 4.79 Å². The van der Waals surface area contributed by atoms with E-state index in [1.807, 2.05) is 36.6 Å². The van der Waals surface area contributed by atoms with Crippen molar-refractivity contribution in [2.75, 3.05) is 18.4 Å². The molecule has 1 heterocycles. The van der Waals surface area contributed by atoms with Gasteiger partial charge in [0.15, 0.2) is 5.96 Å². The van der Waals surface area contributed by atoms with Crippen LogP contribution in [0.2, 0.25) is 0 Å². The number of carbonyl (C=O) groups excluding carboxylic acids is 1. The normalized spacial score (nSPS) is 10.7. The summed E-state index contributed by atoms with van der Waals surface area (Å²) in [6.45, 7) is 3.95. The Kier molecular flexibility index (Phi) is 10.7. The Morgan fingerprint density at radius 3 is 2.60 bits per heavy atom. The molecule has 3 N–H and O–H groups in total. The third kappa shape index (κ3) is 8.68. The van der Waals surface area contributed by atoms with Crippen molar-refractivity contribution in [2.45, 2.75) is 19.9 Å². The molecule has 0 fully saturated rings. The van der Waals surface area contributed by atoms with Gasteiger partial charge in [-0.2, -0.15) is 11.3 Å². The molecular formula is C17H22BrIN4OS. The SMILES string of the molecule is CCNC(=NCc1ccsc1)NCCC(=O)Nc1ccc(Br)cc1.I. The predicted molar refractivity (Wildman–Crippen MR) is 120 cm³/mol. The van der Waals surface area contributed by atoms with E-state index < -0.39 is 0 Å². The lowest BCUT2D eigenvalue weighted by atomic mass is 10.3. The smallest absolute Gasteiger partial charge is 0.226 e. The number of hydrogen-bond acceptors (Lipinski definition) is 3. The van der Waals surface area contributed by atoms with Crippen molar-refractivity contribution in [2.24, 2.45) is 4.99 Å². The van der Waals surface area contributed by atoms with Gasteiger partial charge in [0.05, 0.1) is 6.54 Å². The van der Waals surface area contributed by atoms with E-state index in [-0.39, 0.29) is 29.9 Å². The van der Waals surface area contributed by atoms with Crippen LogP contribution in [0.4, 0.5) is 5.69 Å². The Labute approximate surface area is 177 Å². The Morgan fingerprint density at radius 1 is 1.20 bits per heavy atom. The number of guanidine groups is 1. The molecule has 0 saturated carbocycles. The second-order valence-corrected chi connectivity index (χ2v) is 6.75. The first-order chi connectivity index (χ1) is 11.7. The molecular weight excluding hydrogens is 515 g/mol. The summed E-state index contributed by atoms with van der Waals surface area (Å²) in [5.41, 5.74) is 1.98. The van der Waals surface area contributed by atoms with Gasteiger partial charge < -0.3 is 16.0 Å².